The summed E-state index contributed by atoms with van der Waals surface area (Å²) in [6.07, 6.45) is 0. The van der Waals surface area contributed by atoms with Gasteiger partial charge < -0.3 is 20.8 Å². The standard InChI is InChI=1S/C12H16N4O3/c1-16(6-8(13)11(17)18)5-7-2-3-9-10(4-7)15-12(19)14-9/h2-4,8H,5-6,13H2,1H3,(H,17,18)(H2,14,15,19). The van der Waals surface area contributed by atoms with Crippen LogP contribution in [0.4, 0.5) is 0 Å². The predicted molar refractivity (Wildman–Crippen MR) is 70.9 cm³/mol. The van der Waals surface area contributed by atoms with Gasteiger partial charge >= 0.3 is 11.7 Å². The summed E-state index contributed by atoms with van der Waals surface area (Å²) in [6.45, 7) is 0.821. The number of likely N-dealkylation sites (N-methyl/N-ethyl adjacent to an activating group) is 1. The first-order valence-corrected chi connectivity index (χ1v) is 5.83. The molecule has 0 saturated carbocycles. The number of carboxylic acid groups (broad SMARTS) is 1. The molecule has 102 valence electrons. The van der Waals surface area contributed by atoms with Crippen LogP contribution in [0.2, 0.25) is 0 Å². The second-order valence-electron chi connectivity index (χ2n) is 4.60. The summed E-state index contributed by atoms with van der Waals surface area (Å²) >= 11 is 0. The van der Waals surface area contributed by atoms with Gasteiger partial charge in [0.2, 0.25) is 0 Å². The van der Waals surface area contributed by atoms with Crippen LogP contribution in [0.5, 0.6) is 0 Å². The lowest BCUT2D eigenvalue weighted by Gasteiger charge is -2.18. The van der Waals surface area contributed by atoms with E-state index in [-0.39, 0.29) is 12.2 Å². The van der Waals surface area contributed by atoms with Crippen LogP contribution in [0.15, 0.2) is 23.0 Å². The first-order chi connectivity index (χ1) is 8.95. The highest BCUT2D eigenvalue weighted by Crippen LogP contribution is 2.11. The Morgan fingerprint density at radius 1 is 1.42 bits per heavy atom. The maximum atomic E-state index is 11.1. The number of benzene rings is 1. The third-order valence-corrected chi connectivity index (χ3v) is 2.86. The SMILES string of the molecule is CN(Cc1ccc2[nH]c(=O)[nH]c2c1)CC(N)C(=O)O. The Kier molecular flexibility index (Phi) is 3.68. The molecule has 0 amide bonds. The van der Waals surface area contributed by atoms with E-state index in [1.54, 1.807) is 7.05 Å². The van der Waals surface area contributed by atoms with Crippen molar-refractivity contribution in [1.29, 1.82) is 0 Å². The van der Waals surface area contributed by atoms with Crippen LogP contribution in [0.1, 0.15) is 5.56 Å². The highest BCUT2D eigenvalue weighted by molar-refractivity contribution is 5.75. The molecular formula is C12H16N4O3. The average molecular weight is 264 g/mol. The van der Waals surface area contributed by atoms with Crippen LogP contribution >= 0.6 is 0 Å². The molecule has 0 aliphatic rings. The van der Waals surface area contributed by atoms with Crippen molar-refractivity contribution in [3.63, 3.8) is 0 Å². The van der Waals surface area contributed by atoms with E-state index in [0.717, 1.165) is 16.6 Å². The molecule has 5 N–H and O–H groups in total. The average Bonchev–Trinajstić information content (AvgIpc) is 2.68. The Labute approximate surface area is 109 Å². The molecule has 7 nitrogen and oxygen atoms in total. The molecule has 19 heavy (non-hydrogen) atoms. The number of fused-ring (bicyclic) bond motifs is 1. The van der Waals surface area contributed by atoms with Crippen LogP contribution in [0.25, 0.3) is 11.0 Å². The fraction of sp³-hybridized carbons (Fsp3) is 0.333. The Hall–Kier alpha value is -2.12. The number of rotatable bonds is 5. The highest BCUT2D eigenvalue weighted by Gasteiger charge is 2.14. The Morgan fingerprint density at radius 3 is 2.79 bits per heavy atom. The second kappa shape index (κ2) is 5.25. The molecule has 0 bridgehead atoms. The lowest BCUT2D eigenvalue weighted by atomic mass is 10.2. The number of H-pyrrole nitrogens is 2. The monoisotopic (exact) mass is 264 g/mol. The van der Waals surface area contributed by atoms with Gasteiger partial charge in [-0.2, -0.15) is 0 Å². The maximum absolute atomic E-state index is 11.1. The van der Waals surface area contributed by atoms with E-state index in [0.29, 0.717) is 6.54 Å². The van der Waals surface area contributed by atoms with Crippen LogP contribution in [0, 0.1) is 0 Å². The van der Waals surface area contributed by atoms with Crippen molar-refractivity contribution in [3.05, 3.63) is 34.2 Å². The van der Waals surface area contributed by atoms with Crippen LogP contribution in [-0.2, 0) is 11.3 Å². The summed E-state index contributed by atoms with van der Waals surface area (Å²) in [7, 11) is 1.80. The number of nitrogens with one attached hydrogen (secondary N) is 2. The zero-order valence-electron chi connectivity index (χ0n) is 10.5. The van der Waals surface area contributed by atoms with Crippen molar-refractivity contribution in [2.24, 2.45) is 5.73 Å². The number of imidazole rings is 1. The molecule has 1 unspecified atom stereocenters. The molecule has 2 aromatic rings. The number of aromatic nitrogens is 2. The van der Waals surface area contributed by atoms with E-state index in [1.165, 1.54) is 0 Å². The topological polar surface area (TPSA) is 115 Å². The van der Waals surface area contributed by atoms with Gasteiger partial charge in [0.25, 0.3) is 0 Å². The van der Waals surface area contributed by atoms with E-state index in [9.17, 15) is 9.59 Å². The van der Waals surface area contributed by atoms with Gasteiger partial charge in [-0.3, -0.25) is 9.69 Å². The molecule has 2 rings (SSSR count). The number of aromatic amines is 2. The minimum absolute atomic E-state index is 0.242. The summed E-state index contributed by atoms with van der Waals surface area (Å²) in [5, 5.41) is 8.75. The number of aliphatic carboxylic acids is 1. The molecular weight excluding hydrogens is 248 g/mol. The molecule has 1 atom stereocenters. The number of carbonyl (C=O) groups is 1. The number of hydrogen-bond donors (Lipinski definition) is 4. The molecule has 0 aliphatic carbocycles. The third kappa shape index (κ3) is 3.21. The minimum atomic E-state index is -1.02. The Morgan fingerprint density at radius 2 is 2.11 bits per heavy atom. The Bertz CT molecular complexity index is 646. The van der Waals surface area contributed by atoms with Crippen LogP contribution < -0.4 is 11.4 Å². The lowest BCUT2D eigenvalue weighted by Crippen LogP contribution is -2.40. The van der Waals surface area contributed by atoms with Gasteiger partial charge in [0, 0.05) is 13.1 Å². The molecule has 0 saturated heterocycles. The number of nitrogens with zero attached hydrogens (tertiary/aromatic N) is 1. The summed E-state index contributed by atoms with van der Waals surface area (Å²) in [5.74, 6) is -1.02. The highest BCUT2D eigenvalue weighted by atomic mass is 16.4. The summed E-state index contributed by atoms with van der Waals surface area (Å²) < 4.78 is 0. The predicted octanol–water partition coefficient (Wildman–Crippen LogP) is -0.300. The molecule has 0 aliphatic heterocycles. The lowest BCUT2D eigenvalue weighted by molar-refractivity contribution is -0.138. The van der Waals surface area contributed by atoms with E-state index < -0.39 is 12.0 Å². The van der Waals surface area contributed by atoms with Crippen LogP contribution in [-0.4, -0.2) is 45.6 Å². The first kappa shape index (κ1) is 13.3. The van der Waals surface area contributed by atoms with Gasteiger partial charge in [-0.25, -0.2) is 4.79 Å². The molecule has 1 aromatic heterocycles. The minimum Gasteiger partial charge on any atom is -0.480 e. The number of nitrogens with two attached hydrogens (primary N) is 1. The molecule has 7 heteroatoms. The van der Waals surface area contributed by atoms with Gasteiger partial charge in [-0.1, -0.05) is 6.07 Å². The molecule has 1 heterocycles. The van der Waals surface area contributed by atoms with Crippen molar-refractivity contribution in [3.8, 4) is 0 Å². The molecule has 0 radical (unpaired) electrons. The van der Waals surface area contributed by atoms with E-state index in [4.69, 9.17) is 10.8 Å². The molecule has 1 aromatic carbocycles. The quantitative estimate of drug-likeness (QED) is 0.592. The van der Waals surface area contributed by atoms with Gasteiger partial charge in [0.15, 0.2) is 0 Å². The van der Waals surface area contributed by atoms with E-state index in [1.807, 2.05) is 23.1 Å². The largest absolute Gasteiger partial charge is 0.480 e. The van der Waals surface area contributed by atoms with Crippen LogP contribution in [0.3, 0.4) is 0 Å². The third-order valence-electron chi connectivity index (χ3n) is 2.86. The fourth-order valence-electron chi connectivity index (χ4n) is 1.97. The van der Waals surface area contributed by atoms with E-state index >= 15 is 0 Å². The van der Waals surface area contributed by atoms with Crippen molar-refractivity contribution in [1.82, 2.24) is 14.9 Å². The smallest absolute Gasteiger partial charge is 0.323 e. The Balaban J connectivity index is 2.08. The van der Waals surface area contributed by atoms with Gasteiger partial charge in [-0.15, -0.1) is 0 Å². The second-order valence-corrected chi connectivity index (χ2v) is 4.60. The molecule has 0 spiro atoms. The zero-order chi connectivity index (χ0) is 14.0. The van der Waals surface area contributed by atoms with Gasteiger partial charge in [-0.05, 0) is 24.7 Å². The summed E-state index contributed by atoms with van der Waals surface area (Å²) in [5.41, 5.74) is 7.69. The zero-order valence-corrected chi connectivity index (χ0v) is 10.5. The summed E-state index contributed by atoms with van der Waals surface area (Å²) in [6, 6.07) is 4.65. The normalized spacial score (nSPS) is 13.0. The van der Waals surface area contributed by atoms with Crippen molar-refractivity contribution in [2.45, 2.75) is 12.6 Å². The van der Waals surface area contributed by atoms with Crippen molar-refractivity contribution in [2.75, 3.05) is 13.6 Å². The number of carboxylic acids is 1. The fourth-order valence-corrected chi connectivity index (χ4v) is 1.97. The molecule has 0 fully saturated rings. The van der Waals surface area contributed by atoms with Crippen molar-refractivity contribution < 1.29 is 9.90 Å². The van der Waals surface area contributed by atoms with Crippen molar-refractivity contribution >= 4 is 17.0 Å². The van der Waals surface area contributed by atoms with Gasteiger partial charge in [0.1, 0.15) is 6.04 Å². The first-order valence-electron chi connectivity index (χ1n) is 5.83. The van der Waals surface area contributed by atoms with Gasteiger partial charge in [0.05, 0.1) is 11.0 Å². The number of hydrogen-bond acceptors (Lipinski definition) is 4. The maximum Gasteiger partial charge on any atom is 0.323 e. The summed E-state index contributed by atoms with van der Waals surface area (Å²) in [4.78, 5) is 29.0. The van der Waals surface area contributed by atoms with E-state index in [2.05, 4.69) is 9.97 Å².